The van der Waals surface area contributed by atoms with Crippen LogP contribution in [0.2, 0.25) is 0 Å². The molecule has 3 nitrogen and oxygen atoms in total. The summed E-state index contributed by atoms with van der Waals surface area (Å²) in [6.07, 6.45) is 5.43. The lowest BCUT2D eigenvalue weighted by atomic mass is 9.90. The minimum absolute atomic E-state index is 0.211. The quantitative estimate of drug-likeness (QED) is 0.748. The van der Waals surface area contributed by atoms with E-state index >= 15 is 0 Å². The lowest BCUT2D eigenvalue weighted by Crippen LogP contribution is -2.44. The van der Waals surface area contributed by atoms with Gasteiger partial charge in [-0.3, -0.25) is 4.79 Å². The lowest BCUT2D eigenvalue weighted by molar-refractivity contribution is -0.122. The molecule has 1 heterocycles. The summed E-state index contributed by atoms with van der Waals surface area (Å²) in [6.45, 7) is 8.52. The zero-order valence-corrected chi connectivity index (χ0v) is 11.6. The fraction of sp³-hybridized carbons (Fsp3) is 0.929. The van der Waals surface area contributed by atoms with Crippen LogP contribution in [0.3, 0.4) is 0 Å². The number of carbonyl (C=O) groups is 1. The van der Waals surface area contributed by atoms with E-state index in [2.05, 4.69) is 31.4 Å². The molecule has 0 spiro atoms. The van der Waals surface area contributed by atoms with Gasteiger partial charge in [0.15, 0.2) is 0 Å². The van der Waals surface area contributed by atoms with Crippen molar-refractivity contribution >= 4 is 5.91 Å². The maximum absolute atomic E-state index is 11.8. The molecule has 1 aliphatic rings. The average Bonchev–Trinajstić information content (AvgIpc) is 2.33. The molecule has 0 aliphatic carbocycles. The van der Waals surface area contributed by atoms with E-state index in [9.17, 15) is 4.79 Å². The summed E-state index contributed by atoms with van der Waals surface area (Å²) in [6, 6.07) is 0.380. The van der Waals surface area contributed by atoms with E-state index in [1.807, 2.05) is 0 Å². The molecular formula is C14H28N2O. The van der Waals surface area contributed by atoms with Gasteiger partial charge in [-0.15, -0.1) is 0 Å². The molecule has 0 radical (unpaired) electrons. The van der Waals surface area contributed by atoms with Crippen LogP contribution in [-0.4, -0.2) is 25.0 Å². The van der Waals surface area contributed by atoms with Gasteiger partial charge in [-0.2, -0.15) is 0 Å². The van der Waals surface area contributed by atoms with E-state index < -0.39 is 0 Å². The number of hydrogen-bond acceptors (Lipinski definition) is 2. The van der Waals surface area contributed by atoms with Gasteiger partial charge in [-0.1, -0.05) is 33.6 Å². The van der Waals surface area contributed by atoms with Crippen LogP contribution in [0.1, 0.15) is 52.9 Å². The van der Waals surface area contributed by atoms with Crippen LogP contribution in [0, 0.1) is 11.8 Å². The van der Waals surface area contributed by atoms with Crippen molar-refractivity contribution in [3.8, 4) is 0 Å². The topological polar surface area (TPSA) is 41.1 Å². The van der Waals surface area contributed by atoms with Crippen molar-refractivity contribution < 1.29 is 4.79 Å². The highest BCUT2D eigenvalue weighted by Gasteiger charge is 2.23. The van der Waals surface area contributed by atoms with Crippen molar-refractivity contribution in [1.29, 1.82) is 0 Å². The van der Waals surface area contributed by atoms with E-state index in [1.165, 1.54) is 12.8 Å². The van der Waals surface area contributed by atoms with Gasteiger partial charge in [-0.05, 0) is 31.2 Å². The summed E-state index contributed by atoms with van der Waals surface area (Å²) in [4.78, 5) is 11.8. The Kier molecular flexibility index (Phi) is 6.56. The van der Waals surface area contributed by atoms with Crippen LogP contribution < -0.4 is 10.6 Å². The molecule has 100 valence electrons. The molecule has 1 amide bonds. The summed E-state index contributed by atoms with van der Waals surface area (Å²) in [5.41, 5.74) is 0. The third-order valence-electron chi connectivity index (χ3n) is 4.08. The smallest absolute Gasteiger partial charge is 0.221 e. The van der Waals surface area contributed by atoms with Crippen molar-refractivity contribution in [2.24, 2.45) is 11.8 Å². The number of amides is 1. The second-order valence-corrected chi connectivity index (χ2v) is 5.37. The van der Waals surface area contributed by atoms with Crippen LogP contribution >= 0.6 is 0 Å². The van der Waals surface area contributed by atoms with Gasteiger partial charge in [0.25, 0.3) is 0 Å². The van der Waals surface area contributed by atoms with Crippen LogP contribution in [0.5, 0.6) is 0 Å². The maximum atomic E-state index is 11.8. The molecular weight excluding hydrogens is 212 g/mol. The molecule has 1 fully saturated rings. The summed E-state index contributed by atoms with van der Waals surface area (Å²) >= 11 is 0. The number of piperidine rings is 1. The summed E-state index contributed by atoms with van der Waals surface area (Å²) < 4.78 is 0. The molecule has 1 rings (SSSR count). The second-order valence-electron chi connectivity index (χ2n) is 5.37. The largest absolute Gasteiger partial charge is 0.356 e. The Morgan fingerprint density at radius 1 is 1.41 bits per heavy atom. The monoisotopic (exact) mass is 240 g/mol. The average molecular weight is 240 g/mol. The molecule has 0 aromatic rings. The Bertz CT molecular complexity index is 226. The van der Waals surface area contributed by atoms with E-state index in [0.717, 1.165) is 25.9 Å². The molecule has 2 unspecified atom stereocenters. The highest BCUT2D eigenvalue weighted by Crippen LogP contribution is 2.17. The number of rotatable bonds is 6. The fourth-order valence-electron chi connectivity index (χ4n) is 2.49. The molecule has 0 saturated carbocycles. The Hall–Kier alpha value is -0.570. The van der Waals surface area contributed by atoms with Crippen LogP contribution in [0.15, 0.2) is 0 Å². The molecule has 2 atom stereocenters. The van der Waals surface area contributed by atoms with Crippen molar-refractivity contribution in [3.63, 3.8) is 0 Å². The van der Waals surface area contributed by atoms with Gasteiger partial charge in [0.1, 0.15) is 0 Å². The first kappa shape index (κ1) is 14.5. The number of carbonyl (C=O) groups excluding carboxylic acids is 1. The SMILES string of the molecule is CCC(CC)CNC(=O)CC1NCCCC1C. The van der Waals surface area contributed by atoms with Crippen LogP contribution in [-0.2, 0) is 4.79 Å². The molecule has 0 aromatic carbocycles. The molecule has 1 aliphatic heterocycles. The Balaban J connectivity index is 2.23. The predicted octanol–water partition coefficient (Wildman–Crippen LogP) is 2.32. The van der Waals surface area contributed by atoms with Crippen molar-refractivity contribution in [3.05, 3.63) is 0 Å². The van der Waals surface area contributed by atoms with E-state index in [-0.39, 0.29) is 5.91 Å². The standard InChI is InChI=1S/C14H28N2O/c1-4-12(5-2)10-16-14(17)9-13-11(3)7-6-8-15-13/h11-13,15H,4-10H2,1-3H3,(H,16,17). The minimum Gasteiger partial charge on any atom is -0.356 e. The molecule has 0 bridgehead atoms. The fourth-order valence-corrected chi connectivity index (χ4v) is 2.49. The maximum Gasteiger partial charge on any atom is 0.221 e. The number of hydrogen-bond donors (Lipinski definition) is 2. The molecule has 2 N–H and O–H groups in total. The lowest BCUT2D eigenvalue weighted by Gasteiger charge is -2.29. The van der Waals surface area contributed by atoms with Gasteiger partial charge in [0.05, 0.1) is 0 Å². The van der Waals surface area contributed by atoms with Crippen molar-refractivity contribution in [1.82, 2.24) is 10.6 Å². The van der Waals surface area contributed by atoms with Gasteiger partial charge >= 0.3 is 0 Å². The third kappa shape index (κ3) is 5.07. The Morgan fingerprint density at radius 3 is 2.71 bits per heavy atom. The van der Waals surface area contributed by atoms with Crippen molar-refractivity contribution in [2.45, 2.75) is 58.9 Å². The van der Waals surface area contributed by atoms with Crippen molar-refractivity contribution in [2.75, 3.05) is 13.1 Å². The van der Waals surface area contributed by atoms with Gasteiger partial charge in [0.2, 0.25) is 5.91 Å². The Morgan fingerprint density at radius 2 is 2.12 bits per heavy atom. The zero-order valence-electron chi connectivity index (χ0n) is 11.6. The van der Waals surface area contributed by atoms with Gasteiger partial charge in [0, 0.05) is 19.0 Å². The molecule has 3 heteroatoms. The Labute approximate surface area is 106 Å². The summed E-state index contributed by atoms with van der Waals surface area (Å²) in [5, 5.41) is 6.53. The first-order valence-corrected chi connectivity index (χ1v) is 7.17. The summed E-state index contributed by atoms with van der Waals surface area (Å²) in [5.74, 6) is 1.47. The van der Waals surface area contributed by atoms with E-state index in [4.69, 9.17) is 0 Å². The predicted molar refractivity (Wildman–Crippen MR) is 71.9 cm³/mol. The van der Waals surface area contributed by atoms with E-state index in [1.54, 1.807) is 0 Å². The van der Waals surface area contributed by atoms with Crippen LogP contribution in [0.4, 0.5) is 0 Å². The van der Waals surface area contributed by atoms with Gasteiger partial charge < -0.3 is 10.6 Å². The molecule has 0 aromatic heterocycles. The van der Waals surface area contributed by atoms with E-state index in [0.29, 0.717) is 24.3 Å². The second kappa shape index (κ2) is 7.70. The third-order valence-corrected chi connectivity index (χ3v) is 4.08. The van der Waals surface area contributed by atoms with Crippen LogP contribution in [0.25, 0.3) is 0 Å². The normalized spacial score (nSPS) is 24.9. The van der Waals surface area contributed by atoms with Gasteiger partial charge in [-0.25, -0.2) is 0 Å². The number of nitrogens with one attached hydrogen (secondary N) is 2. The highest BCUT2D eigenvalue weighted by atomic mass is 16.1. The minimum atomic E-state index is 0.211. The zero-order chi connectivity index (χ0) is 12.7. The highest BCUT2D eigenvalue weighted by molar-refractivity contribution is 5.76. The summed E-state index contributed by atoms with van der Waals surface area (Å²) in [7, 11) is 0. The molecule has 17 heavy (non-hydrogen) atoms. The first-order valence-electron chi connectivity index (χ1n) is 7.17. The first-order chi connectivity index (χ1) is 8.17. The molecule has 1 saturated heterocycles.